The highest BCUT2D eigenvalue weighted by atomic mass is 16.4. The van der Waals surface area contributed by atoms with E-state index in [4.69, 9.17) is 4.42 Å². The van der Waals surface area contributed by atoms with Crippen LogP contribution in [0.5, 0.6) is 0 Å². The van der Waals surface area contributed by atoms with Crippen molar-refractivity contribution < 1.29 is 14.3 Å². The third-order valence-corrected chi connectivity index (χ3v) is 3.68. The molecule has 0 unspecified atom stereocenters. The number of carboxylic acid groups (broad SMARTS) is 1. The van der Waals surface area contributed by atoms with Gasteiger partial charge in [0, 0.05) is 10.9 Å². The predicted octanol–water partition coefficient (Wildman–Crippen LogP) is 3.72. The predicted molar refractivity (Wildman–Crippen MR) is 84.3 cm³/mol. The first kappa shape index (κ1) is 14.1. The molecule has 0 atom stereocenters. The zero-order valence-corrected chi connectivity index (χ0v) is 12.0. The molecule has 0 aliphatic heterocycles. The van der Waals surface area contributed by atoms with Gasteiger partial charge < -0.3 is 9.52 Å². The number of benzene rings is 2. The Kier molecular flexibility index (Phi) is 3.51. The summed E-state index contributed by atoms with van der Waals surface area (Å²) < 4.78 is 5.04. The van der Waals surface area contributed by atoms with Gasteiger partial charge in [0.05, 0.1) is 5.39 Å². The Labute approximate surface area is 126 Å². The number of hydrogen-bond donors (Lipinski definition) is 1. The van der Waals surface area contributed by atoms with Gasteiger partial charge in [-0.2, -0.15) is 0 Å². The van der Waals surface area contributed by atoms with Gasteiger partial charge in [0.25, 0.3) is 0 Å². The second-order valence-corrected chi connectivity index (χ2v) is 4.99. The van der Waals surface area contributed by atoms with E-state index in [1.165, 1.54) is 0 Å². The summed E-state index contributed by atoms with van der Waals surface area (Å²) in [5.74, 6) is -1.58. The van der Waals surface area contributed by atoms with Gasteiger partial charge in [-0.25, -0.2) is 9.59 Å². The maximum atomic E-state index is 12.0. The molecule has 4 nitrogen and oxygen atoms in total. The highest BCUT2D eigenvalue weighted by Gasteiger charge is 2.20. The second kappa shape index (κ2) is 5.48. The minimum atomic E-state index is -1.25. The molecular formula is C18H14O4. The molecule has 0 fully saturated rings. The van der Waals surface area contributed by atoms with Gasteiger partial charge in [0.1, 0.15) is 0 Å². The van der Waals surface area contributed by atoms with Crippen molar-refractivity contribution in [2.24, 2.45) is 0 Å². The standard InChI is InChI=1S/C18H14O4/c1-2-11-7-9-12(10-8-11)15-13-5-3-4-6-14(13)18(21)22-16(15)17(19)20/h3-10H,2H2,1H3,(H,19,20). The zero-order valence-electron chi connectivity index (χ0n) is 12.0. The number of carboxylic acids is 1. The molecule has 22 heavy (non-hydrogen) atoms. The average Bonchev–Trinajstić information content (AvgIpc) is 2.55. The highest BCUT2D eigenvalue weighted by molar-refractivity contribution is 6.04. The van der Waals surface area contributed by atoms with Gasteiger partial charge in [-0.15, -0.1) is 0 Å². The van der Waals surface area contributed by atoms with E-state index in [2.05, 4.69) is 6.92 Å². The van der Waals surface area contributed by atoms with Crippen molar-refractivity contribution >= 4 is 16.7 Å². The molecule has 1 N–H and O–H groups in total. The van der Waals surface area contributed by atoms with E-state index >= 15 is 0 Å². The Bertz CT molecular complexity index is 905. The summed E-state index contributed by atoms with van der Waals surface area (Å²) >= 11 is 0. The topological polar surface area (TPSA) is 67.5 Å². The Morgan fingerprint density at radius 1 is 1.05 bits per heavy atom. The van der Waals surface area contributed by atoms with E-state index in [0.717, 1.165) is 17.5 Å². The molecule has 3 rings (SSSR count). The lowest BCUT2D eigenvalue weighted by molar-refractivity contribution is 0.0659. The lowest BCUT2D eigenvalue weighted by Crippen LogP contribution is -2.09. The van der Waals surface area contributed by atoms with Crippen LogP contribution in [0.2, 0.25) is 0 Å². The summed E-state index contributed by atoms with van der Waals surface area (Å²) in [7, 11) is 0. The summed E-state index contributed by atoms with van der Waals surface area (Å²) in [6.07, 6.45) is 0.899. The Hall–Kier alpha value is -2.88. The summed E-state index contributed by atoms with van der Waals surface area (Å²) in [6, 6.07) is 14.5. The molecule has 2 aromatic carbocycles. The fourth-order valence-electron chi connectivity index (χ4n) is 2.54. The quantitative estimate of drug-likeness (QED) is 0.799. The molecule has 3 aromatic rings. The molecule has 110 valence electrons. The van der Waals surface area contributed by atoms with Crippen LogP contribution in [0.3, 0.4) is 0 Å². The van der Waals surface area contributed by atoms with Crippen LogP contribution in [0.25, 0.3) is 21.9 Å². The number of carbonyl (C=O) groups is 1. The maximum absolute atomic E-state index is 12.0. The number of fused-ring (bicyclic) bond motifs is 1. The fraction of sp³-hybridized carbons (Fsp3) is 0.111. The first-order valence-corrected chi connectivity index (χ1v) is 7.00. The SMILES string of the molecule is CCc1ccc(-c2c(C(=O)O)oc(=O)c3ccccc23)cc1. The van der Waals surface area contributed by atoms with Crippen LogP contribution >= 0.6 is 0 Å². The van der Waals surface area contributed by atoms with Crippen LogP contribution in [-0.2, 0) is 6.42 Å². The molecule has 0 aliphatic rings. The van der Waals surface area contributed by atoms with Crippen LogP contribution in [0, 0.1) is 0 Å². The van der Waals surface area contributed by atoms with Gasteiger partial charge in [-0.3, -0.25) is 0 Å². The molecule has 0 radical (unpaired) electrons. The number of hydrogen-bond acceptors (Lipinski definition) is 3. The lowest BCUT2D eigenvalue weighted by Gasteiger charge is -2.09. The van der Waals surface area contributed by atoms with Crippen LogP contribution in [0.15, 0.2) is 57.7 Å². The van der Waals surface area contributed by atoms with Gasteiger partial charge in [0.15, 0.2) is 0 Å². The highest BCUT2D eigenvalue weighted by Crippen LogP contribution is 2.30. The Morgan fingerprint density at radius 3 is 2.27 bits per heavy atom. The molecule has 0 saturated heterocycles. The minimum absolute atomic E-state index is 0.326. The van der Waals surface area contributed by atoms with Crippen LogP contribution in [0.4, 0.5) is 0 Å². The maximum Gasteiger partial charge on any atom is 0.372 e. The van der Waals surface area contributed by atoms with Gasteiger partial charge >= 0.3 is 11.6 Å². The third-order valence-electron chi connectivity index (χ3n) is 3.68. The largest absolute Gasteiger partial charge is 0.475 e. The van der Waals surface area contributed by atoms with E-state index < -0.39 is 11.6 Å². The number of aryl methyl sites for hydroxylation is 1. The van der Waals surface area contributed by atoms with Crippen molar-refractivity contribution in [3.05, 3.63) is 70.3 Å². The van der Waals surface area contributed by atoms with E-state index in [0.29, 0.717) is 16.3 Å². The molecule has 0 bridgehead atoms. The first-order chi connectivity index (χ1) is 10.6. The van der Waals surface area contributed by atoms with E-state index in [-0.39, 0.29) is 5.76 Å². The lowest BCUT2D eigenvalue weighted by atomic mass is 9.97. The minimum Gasteiger partial charge on any atom is -0.475 e. The van der Waals surface area contributed by atoms with Gasteiger partial charge in [-0.05, 0) is 23.6 Å². The molecule has 1 heterocycles. The second-order valence-electron chi connectivity index (χ2n) is 4.99. The van der Waals surface area contributed by atoms with Crippen molar-refractivity contribution in [1.29, 1.82) is 0 Å². The van der Waals surface area contributed by atoms with E-state index in [9.17, 15) is 14.7 Å². The van der Waals surface area contributed by atoms with Crippen molar-refractivity contribution in [2.45, 2.75) is 13.3 Å². The average molecular weight is 294 g/mol. The van der Waals surface area contributed by atoms with Crippen molar-refractivity contribution in [3.8, 4) is 11.1 Å². The molecule has 1 aromatic heterocycles. The van der Waals surface area contributed by atoms with Crippen molar-refractivity contribution in [1.82, 2.24) is 0 Å². The summed E-state index contributed by atoms with van der Waals surface area (Å²) in [4.78, 5) is 23.4. The third kappa shape index (κ3) is 2.29. The van der Waals surface area contributed by atoms with Gasteiger partial charge in [-0.1, -0.05) is 49.4 Å². The first-order valence-electron chi connectivity index (χ1n) is 7.00. The summed E-state index contributed by atoms with van der Waals surface area (Å²) in [5.41, 5.74) is 1.67. The van der Waals surface area contributed by atoms with Crippen molar-refractivity contribution in [2.75, 3.05) is 0 Å². The Morgan fingerprint density at radius 2 is 1.68 bits per heavy atom. The molecule has 0 amide bonds. The van der Waals surface area contributed by atoms with Crippen LogP contribution in [-0.4, -0.2) is 11.1 Å². The fourth-order valence-corrected chi connectivity index (χ4v) is 2.54. The molecular weight excluding hydrogens is 280 g/mol. The number of rotatable bonds is 3. The summed E-state index contributed by atoms with van der Waals surface area (Å²) in [6.45, 7) is 2.05. The zero-order chi connectivity index (χ0) is 15.7. The summed E-state index contributed by atoms with van der Waals surface area (Å²) in [5, 5.41) is 10.3. The van der Waals surface area contributed by atoms with E-state index in [1.54, 1.807) is 24.3 Å². The molecule has 0 aliphatic carbocycles. The van der Waals surface area contributed by atoms with E-state index in [1.807, 2.05) is 24.3 Å². The molecule has 0 saturated carbocycles. The smallest absolute Gasteiger partial charge is 0.372 e. The van der Waals surface area contributed by atoms with Crippen LogP contribution < -0.4 is 5.63 Å². The Balaban J connectivity index is 2.39. The van der Waals surface area contributed by atoms with Gasteiger partial charge in [0.2, 0.25) is 5.76 Å². The van der Waals surface area contributed by atoms with Crippen molar-refractivity contribution in [3.63, 3.8) is 0 Å². The molecule has 0 spiro atoms. The normalized spacial score (nSPS) is 10.8. The van der Waals surface area contributed by atoms with Crippen LogP contribution in [0.1, 0.15) is 23.0 Å². The number of aromatic carboxylic acids is 1. The monoisotopic (exact) mass is 294 g/mol. The molecule has 4 heteroatoms.